The predicted molar refractivity (Wildman–Crippen MR) is 154 cm³/mol. The van der Waals surface area contributed by atoms with Crippen molar-refractivity contribution in [3.05, 3.63) is 83.4 Å². The molecule has 0 amide bonds. The fourth-order valence-electron chi connectivity index (χ4n) is 6.77. The molecule has 1 aromatic heterocycles. The van der Waals surface area contributed by atoms with Crippen molar-refractivity contribution in [3.8, 4) is 17.1 Å². The van der Waals surface area contributed by atoms with Crippen LogP contribution in [0.1, 0.15) is 89.8 Å². The largest absolute Gasteiger partial charge is 0.292 e. The summed E-state index contributed by atoms with van der Waals surface area (Å²) in [5.41, 5.74) is 9.11. The van der Waals surface area contributed by atoms with Crippen LogP contribution in [0.4, 0.5) is 0 Å². The molecule has 188 valence electrons. The average Bonchev–Trinajstić information content (AvgIpc) is 3.34. The highest BCUT2D eigenvalue weighted by Gasteiger charge is 2.42. The number of nitrogens with zero attached hydrogens (tertiary/aromatic N) is 2. The standard InChI is InChI=1S/C34H42N2/c1-20(2)28-18-27(32-24(7)22(5)23(6)25(32)8)19-29(21(3)4)33(28)36-31-17-13-12-16-30(31)35-34(36)26-14-10-9-11-15-26/h9-25,32H,1-8H3. The first-order valence-electron chi connectivity index (χ1n) is 13.9. The number of para-hydroxylation sites is 2. The highest BCUT2D eigenvalue weighted by atomic mass is 15.1. The van der Waals surface area contributed by atoms with Gasteiger partial charge in [-0.15, -0.1) is 0 Å². The normalized spacial score (nSPS) is 24.3. The van der Waals surface area contributed by atoms with Crippen LogP contribution >= 0.6 is 0 Å². The van der Waals surface area contributed by atoms with Crippen LogP contribution < -0.4 is 0 Å². The zero-order valence-electron chi connectivity index (χ0n) is 23.3. The molecule has 1 fully saturated rings. The van der Waals surface area contributed by atoms with E-state index in [9.17, 15) is 0 Å². The predicted octanol–water partition coefficient (Wildman–Crippen LogP) is 9.58. The van der Waals surface area contributed by atoms with Crippen LogP contribution in [-0.2, 0) is 0 Å². The van der Waals surface area contributed by atoms with Crippen molar-refractivity contribution in [2.75, 3.05) is 0 Å². The van der Waals surface area contributed by atoms with Crippen LogP contribution in [0, 0.1) is 23.7 Å². The number of benzene rings is 3. The van der Waals surface area contributed by atoms with Gasteiger partial charge >= 0.3 is 0 Å². The van der Waals surface area contributed by atoms with Crippen molar-refractivity contribution >= 4 is 11.0 Å². The zero-order valence-corrected chi connectivity index (χ0v) is 23.3. The molecule has 1 aliphatic rings. The van der Waals surface area contributed by atoms with Gasteiger partial charge in [-0.2, -0.15) is 0 Å². The molecule has 3 aromatic carbocycles. The smallest absolute Gasteiger partial charge is 0.145 e. The Hall–Kier alpha value is -2.87. The molecule has 0 spiro atoms. The Kier molecular flexibility index (Phi) is 6.57. The van der Waals surface area contributed by atoms with Gasteiger partial charge in [0.2, 0.25) is 0 Å². The molecule has 2 nitrogen and oxygen atoms in total. The molecule has 2 heteroatoms. The van der Waals surface area contributed by atoms with E-state index < -0.39 is 0 Å². The van der Waals surface area contributed by atoms with Gasteiger partial charge in [-0.05, 0) is 70.2 Å². The molecule has 5 rings (SSSR count). The monoisotopic (exact) mass is 478 g/mol. The third-order valence-corrected chi connectivity index (χ3v) is 9.26. The molecule has 0 radical (unpaired) electrons. The van der Waals surface area contributed by atoms with Gasteiger partial charge in [0, 0.05) is 5.56 Å². The van der Waals surface area contributed by atoms with Gasteiger partial charge in [-0.1, -0.05) is 110 Å². The Morgan fingerprint density at radius 2 is 1.19 bits per heavy atom. The molecule has 1 aliphatic carbocycles. The first kappa shape index (κ1) is 24.8. The van der Waals surface area contributed by atoms with E-state index in [1.54, 1.807) is 0 Å². The molecular formula is C34H42N2. The van der Waals surface area contributed by atoms with Crippen molar-refractivity contribution in [2.45, 2.75) is 73.1 Å². The summed E-state index contributed by atoms with van der Waals surface area (Å²) in [5.74, 6) is 5.32. The van der Waals surface area contributed by atoms with E-state index >= 15 is 0 Å². The maximum absolute atomic E-state index is 5.17. The van der Waals surface area contributed by atoms with Gasteiger partial charge in [0.25, 0.3) is 0 Å². The van der Waals surface area contributed by atoms with Gasteiger partial charge in [-0.25, -0.2) is 4.98 Å². The minimum atomic E-state index is 0.407. The Labute approximate surface area is 217 Å². The summed E-state index contributed by atoms with van der Waals surface area (Å²) in [6, 6.07) is 24.4. The van der Waals surface area contributed by atoms with E-state index in [4.69, 9.17) is 4.98 Å². The second-order valence-electron chi connectivity index (χ2n) is 11.9. The number of hydrogen-bond donors (Lipinski definition) is 0. The molecule has 0 saturated heterocycles. The van der Waals surface area contributed by atoms with E-state index in [1.165, 1.54) is 27.9 Å². The number of fused-ring (bicyclic) bond motifs is 1. The third kappa shape index (κ3) is 3.99. The molecule has 36 heavy (non-hydrogen) atoms. The number of rotatable bonds is 5. The lowest BCUT2D eigenvalue weighted by Crippen LogP contribution is -2.15. The maximum Gasteiger partial charge on any atom is 0.145 e. The van der Waals surface area contributed by atoms with Gasteiger partial charge < -0.3 is 0 Å². The quantitative estimate of drug-likeness (QED) is 0.279. The van der Waals surface area contributed by atoms with Crippen molar-refractivity contribution in [2.24, 2.45) is 23.7 Å². The molecule has 4 unspecified atom stereocenters. The number of aromatic nitrogens is 2. The summed E-state index contributed by atoms with van der Waals surface area (Å²) < 4.78 is 2.45. The molecule has 0 N–H and O–H groups in total. The van der Waals surface area contributed by atoms with Crippen LogP contribution in [0.5, 0.6) is 0 Å². The zero-order chi connectivity index (χ0) is 25.7. The average molecular weight is 479 g/mol. The molecular weight excluding hydrogens is 436 g/mol. The lowest BCUT2D eigenvalue weighted by atomic mass is 9.79. The first-order chi connectivity index (χ1) is 17.2. The number of hydrogen-bond acceptors (Lipinski definition) is 1. The lowest BCUT2D eigenvalue weighted by molar-refractivity contribution is 0.352. The van der Waals surface area contributed by atoms with Gasteiger partial charge in [0.15, 0.2) is 0 Å². The molecule has 1 saturated carbocycles. The van der Waals surface area contributed by atoms with Crippen LogP contribution in [0.25, 0.3) is 28.1 Å². The van der Waals surface area contributed by atoms with Crippen molar-refractivity contribution in [3.63, 3.8) is 0 Å². The number of imidazole rings is 1. The van der Waals surface area contributed by atoms with Gasteiger partial charge in [0.05, 0.1) is 16.7 Å². The fraction of sp³-hybridized carbons (Fsp3) is 0.441. The first-order valence-corrected chi connectivity index (χ1v) is 13.9. The summed E-state index contributed by atoms with van der Waals surface area (Å²) in [5, 5.41) is 0. The van der Waals surface area contributed by atoms with E-state index in [2.05, 4.69) is 127 Å². The Bertz CT molecular complexity index is 1320. The van der Waals surface area contributed by atoms with Crippen LogP contribution in [0.15, 0.2) is 66.7 Å². The second kappa shape index (κ2) is 9.54. The molecule has 1 heterocycles. The summed E-state index contributed by atoms with van der Waals surface area (Å²) in [4.78, 5) is 5.17. The lowest BCUT2D eigenvalue weighted by Gasteiger charge is -2.28. The summed E-state index contributed by atoms with van der Waals surface area (Å²) in [6.45, 7) is 19.3. The Morgan fingerprint density at radius 3 is 1.75 bits per heavy atom. The van der Waals surface area contributed by atoms with E-state index in [0.29, 0.717) is 29.6 Å². The van der Waals surface area contributed by atoms with Crippen molar-refractivity contribution < 1.29 is 0 Å². The second-order valence-corrected chi connectivity index (χ2v) is 11.9. The third-order valence-electron chi connectivity index (χ3n) is 9.26. The highest BCUT2D eigenvalue weighted by molar-refractivity contribution is 5.84. The highest BCUT2D eigenvalue weighted by Crippen LogP contribution is 2.52. The minimum Gasteiger partial charge on any atom is -0.292 e. The topological polar surface area (TPSA) is 17.8 Å². The van der Waals surface area contributed by atoms with Crippen molar-refractivity contribution in [1.82, 2.24) is 9.55 Å². The summed E-state index contributed by atoms with van der Waals surface area (Å²) in [7, 11) is 0. The van der Waals surface area contributed by atoms with Crippen LogP contribution in [0.3, 0.4) is 0 Å². The molecule has 0 aliphatic heterocycles. The molecule has 0 bridgehead atoms. The SMILES string of the molecule is CC(C)c1cc(C2C(C)C(C)C(C)C2C)cc(C(C)C)c1-n1c(-c2ccccc2)nc2ccccc21. The molecule has 4 atom stereocenters. The molecule has 4 aromatic rings. The fourth-order valence-corrected chi connectivity index (χ4v) is 6.77. The van der Waals surface area contributed by atoms with Gasteiger partial charge in [-0.3, -0.25) is 4.57 Å². The van der Waals surface area contributed by atoms with Crippen LogP contribution in [-0.4, -0.2) is 9.55 Å². The summed E-state index contributed by atoms with van der Waals surface area (Å²) in [6.07, 6.45) is 0. The van der Waals surface area contributed by atoms with E-state index in [0.717, 1.165) is 28.7 Å². The van der Waals surface area contributed by atoms with Crippen molar-refractivity contribution in [1.29, 1.82) is 0 Å². The summed E-state index contributed by atoms with van der Waals surface area (Å²) >= 11 is 0. The van der Waals surface area contributed by atoms with E-state index in [-0.39, 0.29) is 0 Å². The Morgan fingerprint density at radius 1 is 0.667 bits per heavy atom. The van der Waals surface area contributed by atoms with Gasteiger partial charge in [0.1, 0.15) is 5.82 Å². The maximum atomic E-state index is 5.17. The Balaban J connectivity index is 1.83. The van der Waals surface area contributed by atoms with E-state index in [1.807, 2.05) is 0 Å². The van der Waals surface area contributed by atoms with Crippen LogP contribution in [0.2, 0.25) is 0 Å². The minimum absolute atomic E-state index is 0.407.